The van der Waals surface area contributed by atoms with Crippen LogP contribution in [-0.2, 0) is 26.2 Å². The molecule has 0 bridgehead atoms. The van der Waals surface area contributed by atoms with E-state index >= 15 is 0 Å². The van der Waals surface area contributed by atoms with Gasteiger partial charge in [-0.1, -0.05) is 6.42 Å². The molecule has 0 aliphatic carbocycles. The Kier molecular flexibility index (Phi) is 7.45. The number of halogens is 1. The van der Waals surface area contributed by atoms with E-state index in [2.05, 4.69) is 10.6 Å². The van der Waals surface area contributed by atoms with Crippen molar-refractivity contribution in [3.63, 3.8) is 0 Å². The molecule has 1 aromatic heterocycles. The Labute approximate surface area is 180 Å². The van der Waals surface area contributed by atoms with Crippen molar-refractivity contribution in [3.05, 3.63) is 53.7 Å². The van der Waals surface area contributed by atoms with Gasteiger partial charge in [-0.2, -0.15) is 4.31 Å². The zero-order valence-electron chi connectivity index (χ0n) is 17.3. The third-order valence-corrected chi connectivity index (χ3v) is 7.38. The Morgan fingerprint density at radius 2 is 1.97 bits per heavy atom. The second kappa shape index (κ2) is 10.1. The van der Waals surface area contributed by atoms with E-state index in [9.17, 15) is 22.4 Å². The van der Waals surface area contributed by atoms with E-state index in [1.807, 2.05) is 0 Å². The first-order valence-electron chi connectivity index (χ1n) is 10.2. The molecule has 2 heterocycles. The number of aryl methyl sites for hydroxylation is 1. The molecule has 1 atom stereocenters. The average molecular weight is 452 g/mol. The van der Waals surface area contributed by atoms with Gasteiger partial charge in [-0.25, -0.2) is 12.8 Å². The fourth-order valence-electron chi connectivity index (χ4n) is 3.70. The first kappa shape index (κ1) is 23.0. The molecule has 1 aromatic carbocycles. The molecule has 2 amide bonds. The van der Waals surface area contributed by atoms with Crippen molar-refractivity contribution >= 4 is 21.8 Å². The van der Waals surface area contributed by atoms with Crippen molar-refractivity contribution in [3.8, 4) is 0 Å². The number of hydrogen-bond acceptors (Lipinski definition) is 5. The second-order valence-corrected chi connectivity index (χ2v) is 9.34. The van der Waals surface area contributed by atoms with Crippen LogP contribution >= 0.6 is 0 Å². The summed E-state index contributed by atoms with van der Waals surface area (Å²) in [6.45, 7) is 2.19. The van der Waals surface area contributed by atoms with Crippen molar-refractivity contribution < 1.29 is 26.8 Å². The van der Waals surface area contributed by atoms with Gasteiger partial charge in [-0.15, -0.1) is 0 Å². The maximum absolute atomic E-state index is 13.4. The van der Waals surface area contributed by atoms with Gasteiger partial charge in [-0.05, 0) is 62.1 Å². The van der Waals surface area contributed by atoms with Crippen molar-refractivity contribution in [2.24, 2.45) is 0 Å². The maximum atomic E-state index is 13.4. The number of hydrogen-bond donors (Lipinski definition) is 2. The van der Waals surface area contributed by atoms with E-state index in [4.69, 9.17) is 4.42 Å². The standard InChI is InChI=1S/C21H26FN3O5S/c1-15-13-16(22)7-8-19(15)31(28,29)25-11-3-2-5-17(25)9-10-23-20(26)21(27)24-14-18-6-4-12-30-18/h4,6-8,12-13,17H,2-3,5,9-11,14H2,1H3,(H,23,26)(H,24,27). The summed E-state index contributed by atoms with van der Waals surface area (Å²) in [6, 6.07) is 6.68. The van der Waals surface area contributed by atoms with Crippen LogP contribution in [0.1, 0.15) is 37.0 Å². The average Bonchev–Trinajstić information content (AvgIpc) is 3.25. The van der Waals surface area contributed by atoms with E-state index in [0.29, 0.717) is 30.7 Å². The SMILES string of the molecule is Cc1cc(F)ccc1S(=O)(=O)N1CCCCC1CCNC(=O)C(=O)NCc1ccco1. The zero-order valence-corrected chi connectivity index (χ0v) is 18.1. The summed E-state index contributed by atoms with van der Waals surface area (Å²) in [5.41, 5.74) is 0.353. The number of nitrogens with zero attached hydrogens (tertiary/aromatic N) is 1. The minimum absolute atomic E-state index is 0.0853. The van der Waals surface area contributed by atoms with Crippen molar-refractivity contribution in [2.45, 2.75) is 50.1 Å². The Bertz CT molecular complexity index is 1020. The van der Waals surface area contributed by atoms with Crippen LogP contribution < -0.4 is 10.6 Å². The number of carbonyl (C=O) groups excluding carboxylic acids is 2. The lowest BCUT2D eigenvalue weighted by molar-refractivity contribution is -0.139. The van der Waals surface area contributed by atoms with Gasteiger partial charge in [0.25, 0.3) is 0 Å². The number of rotatable bonds is 7. The minimum Gasteiger partial charge on any atom is -0.467 e. The molecule has 31 heavy (non-hydrogen) atoms. The molecule has 1 saturated heterocycles. The summed E-state index contributed by atoms with van der Waals surface area (Å²) >= 11 is 0. The molecule has 2 aromatic rings. The highest BCUT2D eigenvalue weighted by molar-refractivity contribution is 7.89. The van der Waals surface area contributed by atoms with Crippen LogP contribution in [0.4, 0.5) is 4.39 Å². The molecule has 3 rings (SSSR count). The Balaban J connectivity index is 1.57. The predicted molar refractivity (Wildman–Crippen MR) is 111 cm³/mol. The van der Waals surface area contributed by atoms with Crippen molar-refractivity contribution in [2.75, 3.05) is 13.1 Å². The molecular weight excluding hydrogens is 425 g/mol. The van der Waals surface area contributed by atoms with E-state index in [1.54, 1.807) is 19.1 Å². The molecule has 0 spiro atoms. The molecule has 2 N–H and O–H groups in total. The largest absolute Gasteiger partial charge is 0.467 e. The van der Waals surface area contributed by atoms with Crippen LogP contribution in [0, 0.1) is 12.7 Å². The minimum atomic E-state index is -3.80. The summed E-state index contributed by atoms with van der Waals surface area (Å²) < 4.78 is 46.3. The van der Waals surface area contributed by atoms with Crippen LogP contribution in [0.2, 0.25) is 0 Å². The molecule has 0 saturated carbocycles. The van der Waals surface area contributed by atoms with E-state index in [0.717, 1.165) is 18.9 Å². The summed E-state index contributed by atoms with van der Waals surface area (Å²) in [5, 5.41) is 4.99. The normalized spacial score (nSPS) is 17.3. The predicted octanol–water partition coefficient (Wildman–Crippen LogP) is 2.09. The maximum Gasteiger partial charge on any atom is 0.309 e. The third-order valence-electron chi connectivity index (χ3n) is 5.27. The number of piperidine rings is 1. The van der Waals surface area contributed by atoms with Crippen LogP contribution in [0.5, 0.6) is 0 Å². The lowest BCUT2D eigenvalue weighted by Crippen LogP contribution is -2.46. The fraction of sp³-hybridized carbons (Fsp3) is 0.429. The summed E-state index contributed by atoms with van der Waals surface area (Å²) in [7, 11) is -3.80. The quantitative estimate of drug-likeness (QED) is 0.627. The molecule has 1 unspecified atom stereocenters. The smallest absolute Gasteiger partial charge is 0.309 e. The van der Waals surface area contributed by atoms with E-state index in [1.165, 1.54) is 22.7 Å². The van der Waals surface area contributed by atoms with Gasteiger partial charge in [0.05, 0.1) is 17.7 Å². The molecule has 1 fully saturated rings. The van der Waals surface area contributed by atoms with Gasteiger partial charge in [-0.3, -0.25) is 9.59 Å². The van der Waals surface area contributed by atoms with Gasteiger partial charge in [0.15, 0.2) is 0 Å². The lowest BCUT2D eigenvalue weighted by atomic mass is 10.0. The van der Waals surface area contributed by atoms with Crippen LogP contribution in [0.3, 0.4) is 0 Å². The molecule has 10 heteroatoms. The van der Waals surface area contributed by atoms with E-state index in [-0.39, 0.29) is 24.0 Å². The highest BCUT2D eigenvalue weighted by atomic mass is 32.2. The number of furan rings is 1. The van der Waals surface area contributed by atoms with Crippen molar-refractivity contribution in [1.82, 2.24) is 14.9 Å². The first-order chi connectivity index (χ1) is 14.8. The Hall–Kier alpha value is -2.72. The number of benzene rings is 1. The summed E-state index contributed by atoms with van der Waals surface area (Å²) in [5.74, 6) is -1.53. The third kappa shape index (κ3) is 5.71. The van der Waals surface area contributed by atoms with Gasteiger partial charge in [0.1, 0.15) is 11.6 Å². The fourth-order valence-corrected chi connectivity index (χ4v) is 5.63. The first-order valence-corrected chi connectivity index (χ1v) is 11.6. The molecular formula is C21H26FN3O5S. The van der Waals surface area contributed by atoms with Gasteiger partial charge < -0.3 is 15.1 Å². The Morgan fingerprint density at radius 3 is 2.68 bits per heavy atom. The number of nitrogens with one attached hydrogen (secondary N) is 2. The highest BCUT2D eigenvalue weighted by Crippen LogP contribution is 2.28. The monoisotopic (exact) mass is 451 g/mol. The number of amides is 2. The molecule has 1 aliphatic rings. The van der Waals surface area contributed by atoms with Crippen LogP contribution in [0.15, 0.2) is 45.9 Å². The second-order valence-electron chi connectivity index (χ2n) is 7.48. The van der Waals surface area contributed by atoms with Gasteiger partial charge >= 0.3 is 11.8 Å². The molecule has 1 aliphatic heterocycles. The lowest BCUT2D eigenvalue weighted by Gasteiger charge is -2.35. The molecule has 8 nitrogen and oxygen atoms in total. The van der Waals surface area contributed by atoms with Crippen LogP contribution in [0.25, 0.3) is 0 Å². The summed E-state index contributed by atoms with van der Waals surface area (Å²) in [4.78, 5) is 24.0. The van der Waals surface area contributed by atoms with Gasteiger partial charge in [0, 0.05) is 19.1 Å². The molecule has 0 radical (unpaired) electrons. The van der Waals surface area contributed by atoms with E-state index < -0.39 is 27.7 Å². The highest BCUT2D eigenvalue weighted by Gasteiger charge is 2.34. The van der Waals surface area contributed by atoms with Gasteiger partial charge in [0.2, 0.25) is 10.0 Å². The van der Waals surface area contributed by atoms with Crippen molar-refractivity contribution in [1.29, 1.82) is 0 Å². The van der Waals surface area contributed by atoms with Crippen LogP contribution in [-0.4, -0.2) is 43.7 Å². The number of sulfonamides is 1. The Morgan fingerprint density at radius 1 is 1.19 bits per heavy atom. The molecule has 168 valence electrons. The topological polar surface area (TPSA) is 109 Å². The summed E-state index contributed by atoms with van der Waals surface area (Å²) in [6.07, 6.45) is 4.10. The zero-order chi connectivity index (χ0) is 22.4. The number of carbonyl (C=O) groups is 2.